The molecule has 29 heavy (non-hydrogen) atoms. The van der Waals surface area contributed by atoms with Crippen LogP contribution in [-0.4, -0.2) is 33.5 Å². The van der Waals surface area contributed by atoms with Crippen molar-refractivity contribution in [3.63, 3.8) is 0 Å². The lowest BCUT2D eigenvalue weighted by molar-refractivity contribution is -0.384. The quantitative estimate of drug-likeness (QED) is 0.364. The molecule has 0 fully saturated rings. The molecule has 0 aliphatic carbocycles. The number of nitrogens with one attached hydrogen (secondary N) is 2. The average molecular weight is 413 g/mol. The number of carbonyl (C=O) groups excluding carboxylic acids is 1. The average Bonchev–Trinajstić information content (AvgIpc) is 3.30. The fourth-order valence-corrected chi connectivity index (χ4v) is 4.56. The number of nitro benzene ring substituents is 1. The van der Waals surface area contributed by atoms with Crippen molar-refractivity contribution in [1.29, 1.82) is 0 Å². The first-order chi connectivity index (χ1) is 14.0. The summed E-state index contributed by atoms with van der Waals surface area (Å²) in [5.41, 5.74) is 1.37. The van der Waals surface area contributed by atoms with E-state index in [0.717, 1.165) is 24.4 Å². The summed E-state index contributed by atoms with van der Waals surface area (Å²) in [5, 5.41) is 17.1. The summed E-state index contributed by atoms with van der Waals surface area (Å²) in [4.78, 5) is 41.2. The zero-order valence-electron chi connectivity index (χ0n) is 15.7. The number of fused-ring (bicyclic) bond motifs is 2. The summed E-state index contributed by atoms with van der Waals surface area (Å²) in [7, 11) is 0. The van der Waals surface area contributed by atoms with E-state index in [1.165, 1.54) is 23.5 Å². The molecule has 0 radical (unpaired) electrons. The highest BCUT2D eigenvalue weighted by Crippen LogP contribution is 2.28. The molecule has 150 valence electrons. The van der Waals surface area contributed by atoms with E-state index in [4.69, 9.17) is 0 Å². The zero-order valence-corrected chi connectivity index (χ0v) is 16.5. The molecule has 3 heterocycles. The van der Waals surface area contributed by atoms with Crippen LogP contribution in [0, 0.1) is 17.0 Å². The summed E-state index contributed by atoms with van der Waals surface area (Å²) in [6.45, 7) is 3.30. The van der Waals surface area contributed by atoms with E-state index in [0.29, 0.717) is 40.3 Å². The van der Waals surface area contributed by atoms with Crippen LogP contribution in [0.3, 0.4) is 0 Å². The summed E-state index contributed by atoms with van der Waals surface area (Å²) in [6.07, 6.45) is 1.71. The molecular formula is C19H19N5O4S. The zero-order chi connectivity index (χ0) is 20.5. The predicted molar refractivity (Wildman–Crippen MR) is 111 cm³/mol. The molecule has 0 bridgehead atoms. The predicted octanol–water partition coefficient (Wildman–Crippen LogP) is 2.46. The van der Waals surface area contributed by atoms with Gasteiger partial charge in [0.2, 0.25) is 0 Å². The summed E-state index contributed by atoms with van der Waals surface area (Å²) in [6, 6.07) is 6.08. The van der Waals surface area contributed by atoms with Gasteiger partial charge in [0.05, 0.1) is 15.2 Å². The van der Waals surface area contributed by atoms with E-state index in [-0.39, 0.29) is 17.2 Å². The Labute approximate surface area is 169 Å². The number of nitro groups is 1. The number of non-ortho nitro benzene ring substituents is 1. The summed E-state index contributed by atoms with van der Waals surface area (Å²) >= 11 is 1.25. The molecule has 1 aromatic carbocycles. The number of rotatable bonds is 6. The largest absolute Gasteiger partial charge is 0.383 e. The number of aromatic nitrogens is 2. The molecule has 1 aliphatic heterocycles. The summed E-state index contributed by atoms with van der Waals surface area (Å²) < 4.78 is 1.71. The molecule has 9 nitrogen and oxygen atoms in total. The van der Waals surface area contributed by atoms with Crippen molar-refractivity contribution < 1.29 is 9.72 Å². The van der Waals surface area contributed by atoms with Crippen LogP contribution in [0.1, 0.15) is 27.5 Å². The molecular weight excluding hydrogens is 394 g/mol. The van der Waals surface area contributed by atoms with Crippen LogP contribution >= 0.6 is 11.3 Å². The van der Waals surface area contributed by atoms with Crippen molar-refractivity contribution in [2.75, 3.05) is 18.4 Å². The van der Waals surface area contributed by atoms with Crippen LogP contribution in [0.5, 0.6) is 0 Å². The minimum atomic E-state index is -0.452. The van der Waals surface area contributed by atoms with Crippen LogP contribution < -0.4 is 16.2 Å². The first kappa shape index (κ1) is 19.1. The Balaban J connectivity index is 1.40. The molecule has 0 saturated carbocycles. The molecule has 1 aliphatic rings. The first-order valence-electron chi connectivity index (χ1n) is 9.25. The number of hydrogen-bond donors (Lipinski definition) is 2. The number of carbonyl (C=O) groups is 1. The van der Waals surface area contributed by atoms with Crippen LogP contribution in [0.25, 0.3) is 10.2 Å². The molecule has 0 saturated heterocycles. The minimum absolute atomic E-state index is 0.0274. The lowest BCUT2D eigenvalue weighted by Crippen LogP contribution is -2.28. The van der Waals surface area contributed by atoms with Crippen molar-refractivity contribution in [3.8, 4) is 0 Å². The van der Waals surface area contributed by atoms with Crippen molar-refractivity contribution in [3.05, 3.63) is 61.0 Å². The SMILES string of the molecule is Cc1c(C(=O)NCCNc2ccc([N+](=O)[O-])cc2)sc2nc3n(c(=O)c12)CCC3. The number of aryl methyl sites for hydroxylation is 2. The van der Waals surface area contributed by atoms with Crippen molar-refractivity contribution >= 4 is 38.8 Å². The molecule has 1 amide bonds. The topological polar surface area (TPSA) is 119 Å². The van der Waals surface area contributed by atoms with E-state index in [1.54, 1.807) is 23.6 Å². The van der Waals surface area contributed by atoms with Crippen molar-refractivity contribution in [2.45, 2.75) is 26.3 Å². The standard InChI is InChI=1S/C19H19N5O4S/c1-11-15-18(22-14-3-2-10-23(14)19(15)26)29-16(11)17(25)21-9-8-20-12-4-6-13(7-5-12)24(27)28/h4-7,20H,2-3,8-10H2,1H3,(H,21,25). The Kier molecular flexibility index (Phi) is 5.01. The van der Waals surface area contributed by atoms with E-state index >= 15 is 0 Å². The Bertz CT molecular complexity index is 1170. The van der Waals surface area contributed by atoms with Gasteiger partial charge >= 0.3 is 0 Å². The molecule has 0 unspecified atom stereocenters. The van der Waals surface area contributed by atoms with Gasteiger partial charge in [-0.3, -0.25) is 24.3 Å². The van der Waals surface area contributed by atoms with Gasteiger partial charge in [-0.15, -0.1) is 11.3 Å². The van der Waals surface area contributed by atoms with Crippen molar-refractivity contribution in [2.24, 2.45) is 0 Å². The number of benzene rings is 1. The van der Waals surface area contributed by atoms with Crippen LogP contribution in [0.15, 0.2) is 29.1 Å². The highest BCUT2D eigenvalue weighted by atomic mass is 32.1. The molecule has 0 atom stereocenters. The maximum Gasteiger partial charge on any atom is 0.269 e. The van der Waals surface area contributed by atoms with Crippen LogP contribution in [0.4, 0.5) is 11.4 Å². The van der Waals surface area contributed by atoms with Gasteiger partial charge < -0.3 is 10.6 Å². The fourth-order valence-electron chi connectivity index (χ4n) is 3.46. The van der Waals surface area contributed by atoms with Crippen LogP contribution in [0.2, 0.25) is 0 Å². The molecule has 3 aromatic rings. The Morgan fingerprint density at radius 1 is 1.31 bits per heavy atom. The van der Waals surface area contributed by atoms with E-state index in [2.05, 4.69) is 15.6 Å². The Hall–Kier alpha value is -3.27. The third-order valence-electron chi connectivity index (χ3n) is 4.94. The normalized spacial score (nSPS) is 12.7. The highest BCUT2D eigenvalue weighted by molar-refractivity contribution is 7.20. The lowest BCUT2D eigenvalue weighted by Gasteiger charge is -2.07. The number of nitrogens with zero attached hydrogens (tertiary/aromatic N) is 3. The summed E-state index contributed by atoms with van der Waals surface area (Å²) in [5.74, 6) is 0.559. The van der Waals surface area contributed by atoms with Gasteiger partial charge in [0.25, 0.3) is 17.2 Å². The smallest absolute Gasteiger partial charge is 0.269 e. The maximum atomic E-state index is 12.7. The number of thiophene rings is 1. The van der Waals surface area contributed by atoms with Gasteiger partial charge in [0.15, 0.2) is 0 Å². The fraction of sp³-hybridized carbons (Fsp3) is 0.316. The highest BCUT2D eigenvalue weighted by Gasteiger charge is 2.23. The third kappa shape index (κ3) is 3.58. The van der Waals surface area contributed by atoms with Gasteiger partial charge in [0, 0.05) is 43.9 Å². The van der Waals surface area contributed by atoms with Gasteiger partial charge in [-0.25, -0.2) is 4.98 Å². The van der Waals surface area contributed by atoms with Gasteiger partial charge in [-0.1, -0.05) is 0 Å². The first-order valence-corrected chi connectivity index (χ1v) is 10.1. The van der Waals surface area contributed by atoms with Crippen molar-refractivity contribution in [1.82, 2.24) is 14.9 Å². The second-order valence-electron chi connectivity index (χ2n) is 6.81. The molecule has 10 heteroatoms. The Morgan fingerprint density at radius 2 is 2.07 bits per heavy atom. The van der Waals surface area contributed by atoms with Crippen LogP contribution in [-0.2, 0) is 13.0 Å². The molecule has 4 rings (SSSR count). The van der Waals surface area contributed by atoms with Gasteiger partial charge in [0.1, 0.15) is 10.7 Å². The molecule has 0 spiro atoms. The van der Waals surface area contributed by atoms with E-state index in [1.807, 2.05) is 0 Å². The number of hydrogen-bond acceptors (Lipinski definition) is 7. The van der Waals surface area contributed by atoms with Gasteiger partial charge in [-0.2, -0.15) is 0 Å². The second-order valence-corrected chi connectivity index (χ2v) is 7.81. The number of amides is 1. The third-order valence-corrected chi connectivity index (χ3v) is 6.12. The molecule has 2 N–H and O–H groups in total. The van der Waals surface area contributed by atoms with E-state index in [9.17, 15) is 19.7 Å². The van der Waals surface area contributed by atoms with E-state index < -0.39 is 4.92 Å². The lowest BCUT2D eigenvalue weighted by atomic mass is 10.2. The minimum Gasteiger partial charge on any atom is -0.383 e. The van der Waals surface area contributed by atoms with Gasteiger partial charge in [-0.05, 0) is 31.0 Å². The second kappa shape index (κ2) is 7.63. The monoisotopic (exact) mass is 413 g/mol. The maximum absolute atomic E-state index is 12.7. The Morgan fingerprint density at radius 3 is 2.79 bits per heavy atom. The molecule has 2 aromatic heterocycles. The number of anilines is 1.